The molecule has 0 N–H and O–H groups in total. The fourth-order valence-electron chi connectivity index (χ4n) is 4.56. The van der Waals surface area contributed by atoms with Crippen LogP contribution >= 0.6 is 0 Å². The lowest BCUT2D eigenvalue weighted by Crippen LogP contribution is -1.93. The molecule has 0 atom stereocenters. The van der Waals surface area contributed by atoms with Gasteiger partial charge in [-0.2, -0.15) is 0 Å². The van der Waals surface area contributed by atoms with E-state index in [0.29, 0.717) is 0 Å². The van der Waals surface area contributed by atoms with Crippen molar-refractivity contribution in [1.82, 2.24) is 4.98 Å². The number of rotatable bonds is 2. The number of pyridine rings is 1. The minimum atomic E-state index is 1.01. The van der Waals surface area contributed by atoms with Crippen LogP contribution in [0.2, 0.25) is 0 Å². The van der Waals surface area contributed by atoms with Crippen LogP contribution in [0.1, 0.15) is 5.56 Å². The number of aromatic nitrogens is 1. The topological polar surface area (TPSA) is 12.9 Å². The van der Waals surface area contributed by atoms with Gasteiger partial charge in [0.1, 0.15) is 0 Å². The fraction of sp³-hybridized carbons (Fsp3) is 0.0357. The van der Waals surface area contributed by atoms with E-state index in [2.05, 4.69) is 91.9 Å². The van der Waals surface area contributed by atoms with Crippen LogP contribution in [0, 0.1) is 6.92 Å². The van der Waals surface area contributed by atoms with E-state index in [-0.39, 0.29) is 0 Å². The first-order valence-electron chi connectivity index (χ1n) is 9.98. The lowest BCUT2D eigenvalue weighted by Gasteiger charge is -2.18. The molecule has 0 saturated heterocycles. The number of aryl methyl sites for hydroxylation is 1. The summed E-state index contributed by atoms with van der Waals surface area (Å²) in [7, 11) is 0. The highest BCUT2D eigenvalue weighted by Crippen LogP contribution is 2.43. The third-order valence-corrected chi connectivity index (χ3v) is 5.93. The van der Waals surface area contributed by atoms with Crippen molar-refractivity contribution < 1.29 is 0 Å². The average Bonchev–Trinajstić information content (AvgIpc) is 2.78. The summed E-state index contributed by atoms with van der Waals surface area (Å²) in [5.74, 6) is 0. The first-order valence-corrected chi connectivity index (χ1v) is 9.98. The molecule has 1 heterocycles. The van der Waals surface area contributed by atoms with Crippen LogP contribution < -0.4 is 0 Å². The number of hydrogen-bond donors (Lipinski definition) is 0. The molecule has 0 fully saturated rings. The molecule has 1 aromatic heterocycles. The summed E-state index contributed by atoms with van der Waals surface area (Å²) >= 11 is 0. The van der Waals surface area contributed by atoms with Crippen molar-refractivity contribution in [2.24, 2.45) is 0 Å². The van der Waals surface area contributed by atoms with Gasteiger partial charge in [0.2, 0.25) is 0 Å². The Morgan fingerprint density at radius 3 is 2.14 bits per heavy atom. The molecule has 0 bridgehead atoms. The first-order chi connectivity index (χ1) is 14.3. The molecule has 0 radical (unpaired) electrons. The highest BCUT2D eigenvalue weighted by molar-refractivity contribution is 6.27. The zero-order chi connectivity index (χ0) is 19.4. The van der Waals surface area contributed by atoms with Gasteiger partial charge in [0, 0.05) is 11.8 Å². The third-order valence-electron chi connectivity index (χ3n) is 5.93. The normalized spacial score (nSPS) is 11.6. The van der Waals surface area contributed by atoms with Crippen molar-refractivity contribution in [3.05, 3.63) is 103 Å². The molecule has 0 aliphatic carbocycles. The Labute approximate surface area is 169 Å². The monoisotopic (exact) mass is 369 g/mol. The van der Waals surface area contributed by atoms with Crippen LogP contribution in [0.15, 0.2) is 97.2 Å². The predicted octanol–water partition coefficient (Wildman–Crippen LogP) is 7.62. The van der Waals surface area contributed by atoms with Gasteiger partial charge in [0.15, 0.2) is 0 Å². The summed E-state index contributed by atoms with van der Waals surface area (Å²) in [6.45, 7) is 2.13. The minimum Gasteiger partial charge on any atom is -0.256 e. The molecular formula is C28H19N. The predicted molar refractivity (Wildman–Crippen MR) is 124 cm³/mol. The summed E-state index contributed by atoms with van der Waals surface area (Å²) in [5.41, 5.74) is 5.95. The van der Waals surface area contributed by atoms with Crippen molar-refractivity contribution in [2.75, 3.05) is 0 Å². The van der Waals surface area contributed by atoms with Gasteiger partial charge in [0.05, 0.1) is 5.69 Å². The van der Waals surface area contributed by atoms with Crippen LogP contribution in [0.5, 0.6) is 0 Å². The van der Waals surface area contributed by atoms with E-state index in [0.717, 1.165) is 5.69 Å². The second-order valence-electron chi connectivity index (χ2n) is 7.74. The maximum absolute atomic E-state index is 4.73. The Kier molecular flexibility index (Phi) is 3.45. The van der Waals surface area contributed by atoms with Crippen LogP contribution in [0.4, 0.5) is 0 Å². The fourth-order valence-corrected chi connectivity index (χ4v) is 4.56. The summed E-state index contributed by atoms with van der Waals surface area (Å²) < 4.78 is 0. The number of benzene rings is 5. The van der Waals surface area contributed by atoms with E-state index in [9.17, 15) is 0 Å². The van der Waals surface area contributed by atoms with E-state index in [1.807, 2.05) is 12.3 Å². The van der Waals surface area contributed by atoms with Gasteiger partial charge >= 0.3 is 0 Å². The molecule has 29 heavy (non-hydrogen) atoms. The maximum atomic E-state index is 4.73. The van der Waals surface area contributed by atoms with Gasteiger partial charge in [-0.1, -0.05) is 78.4 Å². The standard InChI is InChI=1S/C28H19N/c1-18-8-10-19(11-9-18)24-17-22-13-12-20-5-4-6-21-14-15-23(27(22)26(20)21)28(24)25-7-2-3-16-29-25/h2-17H,1H3. The summed E-state index contributed by atoms with van der Waals surface area (Å²) in [6.07, 6.45) is 1.88. The molecule has 6 aromatic rings. The zero-order valence-electron chi connectivity index (χ0n) is 16.2. The smallest absolute Gasteiger partial charge is 0.0714 e. The minimum absolute atomic E-state index is 1.01. The van der Waals surface area contributed by atoms with Gasteiger partial charge in [0.25, 0.3) is 0 Å². The average molecular weight is 369 g/mol. The molecular weight excluding hydrogens is 350 g/mol. The summed E-state index contributed by atoms with van der Waals surface area (Å²) in [5, 5.41) is 7.79. The van der Waals surface area contributed by atoms with Gasteiger partial charge in [-0.05, 0) is 68.6 Å². The molecule has 5 aromatic carbocycles. The van der Waals surface area contributed by atoms with E-state index in [1.54, 1.807) is 0 Å². The lowest BCUT2D eigenvalue weighted by atomic mass is 9.86. The van der Waals surface area contributed by atoms with Gasteiger partial charge in [-0.15, -0.1) is 0 Å². The highest BCUT2D eigenvalue weighted by Gasteiger charge is 2.17. The molecule has 136 valence electrons. The second kappa shape index (κ2) is 6.15. The van der Waals surface area contributed by atoms with E-state index in [1.165, 1.54) is 54.6 Å². The maximum Gasteiger partial charge on any atom is 0.0714 e. The first kappa shape index (κ1) is 16.3. The van der Waals surface area contributed by atoms with Crippen molar-refractivity contribution in [2.45, 2.75) is 6.92 Å². The molecule has 1 heteroatoms. The molecule has 0 spiro atoms. The molecule has 0 saturated carbocycles. The zero-order valence-corrected chi connectivity index (χ0v) is 16.2. The molecule has 0 amide bonds. The Bertz CT molecular complexity index is 1460. The lowest BCUT2D eigenvalue weighted by molar-refractivity contribution is 1.33. The Hall–Kier alpha value is -3.71. The summed E-state index contributed by atoms with van der Waals surface area (Å²) in [4.78, 5) is 4.73. The molecule has 1 nitrogen and oxygen atoms in total. The van der Waals surface area contributed by atoms with E-state index in [4.69, 9.17) is 4.98 Å². The number of hydrogen-bond acceptors (Lipinski definition) is 1. The molecule has 0 aliphatic rings. The van der Waals surface area contributed by atoms with E-state index >= 15 is 0 Å². The van der Waals surface area contributed by atoms with Crippen LogP contribution in [-0.4, -0.2) is 4.98 Å². The van der Waals surface area contributed by atoms with Crippen LogP contribution in [-0.2, 0) is 0 Å². The van der Waals surface area contributed by atoms with Crippen LogP contribution in [0.3, 0.4) is 0 Å². The number of nitrogens with zero attached hydrogens (tertiary/aromatic N) is 1. The van der Waals surface area contributed by atoms with Gasteiger partial charge < -0.3 is 0 Å². The van der Waals surface area contributed by atoms with Crippen molar-refractivity contribution in [3.63, 3.8) is 0 Å². The second-order valence-corrected chi connectivity index (χ2v) is 7.74. The van der Waals surface area contributed by atoms with E-state index < -0.39 is 0 Å². The van der Waals surface area contributed by atoms with Gasteiger partial charge in [-0.3, -0.25) is 4.98 Å². The summed E-state index contributed by atoms with van der Waals surface area (Å²) in [6, 6.07) is 32.8. The Morgan fingerprint density at radius 2 is 1.38 bits per heavy atom. The van der Waals surface area contributed by atoms with Crippen molar-refractivity contribution >= 4 is 32.3 Å². The quantitative estimate of drug-likeness (QED) is 0.286. The third kappa shape index (κ3) is 2.44. The van der Waals surface area contributed by atoms with Crippen molar-refractivity contribution in [1.29, 1.82) is 0 Å². The van der Waals surface area contributed by atoms with Gasteiger partial charge in [-0.25, -0.2) is 0 Å². The van der Waals surface area contributed by atoms with Crippen molar-refractivity contribution in [3.8, 4) is 22.4 Å². The van der Waals surface area contributed by atoms with Crippen LogP contribution in [0.25, 0.3) is 54.7 Å². The molecule has 0 aliphatic heterocycles. The SMILES string of the molecule is Cc1ccc(-c2cc3ccc4cccc5ccc(c2-c2ccccn2)c3c45)cc1. The Morgan fingerprint density at radius 1 is 0.621 bits per heavy atom. The molecule has 6 rings (SSSR count). The Balaban J connectivity index is 1.83. The molecule has 0 unspecified atom stereocenters. The highest BCUT2D eigenvalue weighted by atomic mass is 14.7. The largest absolute Gasteiger partial charge is 0.256 e.